The van der Waals surface area contributed by atoms with Crippen LogP contribution in [0.25, 0.3) is 0 Å². The summed E-state index contributed by atoms with van der Waals surface area (Å²) in [5, 5.41) is 8.58. The smallest absolute Gasteiger partial charge is 0.178 e. The molecule has 0 amide bonds. The number of hydrogen-bond donors (Lipinski definition) is 0. The first kappa shape index (κ1) is 9.20. The third-order valence-corrected chi connectivity index (χ3v) is 1.51. The first-order valence-electron chi connectivity index (χ1n) is 3.64. The minimum Gasteiger partial charge on any atom is -0.497 e. The van der Waals surface area contributed by atoms with Crippen LogP contribution in [0, 0.1) is 11.3 Å². The normalized spacial score (nSPS) is 9.00. The maximum absolute atomic E-state index is 11.0. The molecule has 1 aromatic heterocycles. The fraction of sp³-hybridized carbons (Fsp3) is 0.222. The summed E-state index contributed by atoms with van der Waals surface area (Å²) < 4.78 is 4.90. The van der Waals surface area contributed by atoms with Crippen LogP contribution in [0.3, 0.4) is 0 Å². The van der Waals surface area contributed by atoms with Gasteiger partial charge in [0.1, 0.15) is 23.2 Å². The highest BCUT2D eigenvalue weighted by atomic mass is 16.5. The van der Waals surface area contributed by atoms with E-state index in [1.807, 2.05) is 6.07 Å². The molecule has 0 aromatic carbocycles. The van der Waals surface area contributed by atoms with Gasteiger partial charge in [-0.2, -0.15) is 5.26 Å². The van der Waals surface area contributed by atoms with Gasteiger partial charge in [0.05, 0.1) is 7.11 Å². The molecule has 0 unspecified atom stereocenters. The topological polar surface area (TPSA) is 63.0 Å². The highest BCUT2D eigenvalue weighted by Gasteiger charge is 2.05. The third kappa shape index (κ3) is 2.03. The zero-order chi connectivity index (χ0) is 9.84. The van der Waals surface area contributed by atoms with Crippen LogP contribution in [0.5, 0.6) is 5.75 Å². The summed E-state index contributed by atoms with van der Waals surface area (Å²) in [6.07, 6.45) is 0. The largest absolute Gasteiger partial charge is 0.497 e. The van der Waals surface area contributed by atoms with E-state index < -0.39 is 0 Å². The van der Waals surface area contributed by atoms with Gasteiger partial charge >= 0.3 is 0 Å². The second kappa shape index (κ2) is 3.68. The molecule has 0 bridgehead atoms. The predicted octanol–water partition coefficient (Wildman–Crippen LogP) is 1.16. The van der Waals surface area contributed by atoms with E-state index in [2.05, 4.69) is 4.98 Å². The summed E-state index contributed by atoms with van der Waals surface area (Å²) >= 11 is 0. The van der Waals surface area contributed by atoms with Crippen LogP contribution in [0.2, 0.25) is 0 Å². The number of rotatable bonds is 2. The van der Waals surface area contributed by atoms with Crippen molar-refractivity contribution >= 4 is 5.78 Å². The highest BCUT2D eigenvalue weighted by Crippen LogP contribution is 2.13. The molecule has 4 nitrogen and oxygen atoms in total. The molecule has 4 heteroatoms. The van der Waals surface area contributed by atoms with E-state index in [1.165, 1.54) is 26.2 Å². The average Bonchev–Trinajstić information content (AvgIpc) is 2.16. The molecule has 0 spiro atoms. The summed E-state index contributed by atoms with van der Waals surface area (Å²) in [5.74, 6) is 0.284. The molecule has 0 radical (unpaired) electrons. The quantitative estimate of drug-likeness (QED) is 0.634. The summed E-state index contributed by atoms with van der Waals surface area (Å²) in [4.78, 5) is 14.8. The first-order chi connectivity index (χ1) is 6.17. The van der Waals surface area contributed by atoms with Gasteiger partial charge in [-0.3, -0.25) is 4.79 Å². The second-order valence-corrected chi connectivity index (χ2v) is 2.45. The van der Waals surface area contributed by atoms with Crippen LogP contribution in [-0.2, 0) is 0 Å². The molecule has 13 heavy (non-hydrogen) atoms. The SMILES string of the molecule is COc1cc(C#N)nc(C(C)=O)c1. The number of ether oxygens (including phenoxy) is 1. The Morgan fingerprint density at radius 3 is 2.77 bits per heavy atom. The average molecular weight is 176 g/mol. The molecule has 1 rings (SSSR count). The Bertz CT molecular complexity index is 380. The number of pyridine rings is 1. The van der Waals surface area contributed by atoms with Crippen molar-refractivity contribution in [3.8, 4) is 11.8 Å². The number of nitriles is 1. The van der Waals surface area contributed by atoms with Gasteiger partial charge in [-0.15, -0.1) is 0 Å². The van der Waals surface area contributed by atoms with Crippen molar-refractivity contribution in [3.05, 3.63) is 23.5 Å². The van der Waals surface area contributed by atoms with Crippen LogP contribution in [-0.4, -0.2) is 17.9 Å². The van der Waals surface area contributed by atoms with Crippen LogP contribution in [0.1, 0.15) is 23.1 Å². The number of ketones is 1. The molecule has 1 heterocycles. The van der Waals surface area contributed by atoms with Crippen molar-refractivity contribution in [2.75, 3.05) is 7.11 Å². The molecule has 0 aliphatic carbocycles. The van der Waals surface area contributed by atoms with Crippen LogP contribution < -0.4 is 4.74 Å². The Labute approximate surface area is 75.8 Å². The van der Waals surface area contributed by atoms with Crippen molar-refractivity contribution in [2.45, 2.75) is 6.92 Å². The number of carbonyl (C=O) groups is 1. The Kier molecular flexibility index (Phi) is 2.60. The van der Waals surface area contributed by atoms with Gasteiger partial charge in [0.15, 0.2) is 5.78 Å². The lowest BCUT2D eigenvalue weighted by Gasteiger charge is -2.01. The van der Waals surface area contributed by atoms with E-state index in [1.54, 1.807) is 0 Å². The van der Waals surface area contributed by atoms with Crippen molar-refractivity contribution < 1.29 is 9.53 Å². The fourth-order valence-electron chi connectivity index (χ4n) is 0.861. The highest BCUT2D eigenvalue weighted by molar-refractivity contribution is 5.92. The molecule has 0 N–H and O–H groups in total. The lowest BCUT2D eigenvalue weighted by Crippen LogP contribution is -1.99. The molecule has 0 atom stereocenters. The first-order valence-corrected chi connectivity index (χ1v) is 3.64. The molecule has 0 aliphatic heterocycles. The van der Waals surface area contributed by atoms with E-state index in [0.717, 1.165) is 0 Å². The number of methoxy groups -OCH3 is 1. The van der Waals surface area contributed by atoms with E-state index >= 15 is 0 Å². The zero-order valence-electron chi connectivity index (χ0n) is 7.37. The number of nitrogens with zero attached hydrogens (tertiary/aromatic N) is 2. The van der Waals surface area contributed by atoms with Gasteiger partial charge in [0.2, 0.25) is 0 Å². The van der Waals surface area contributed by atoms with Gasteiger partial charge in [-0.1, -0.05) is 0 Å². The Hall–Kier alpha value is -1.89. The molecular formula is C9H8N2O2. The lowest BCUT2D eigenvalue weighted by atomic mass is 10.2. The Balaban J connectivity index is 3.24. The maximum atomic E-state index is 11.0. The number of carbonyl (C=O) groups excluding carboxylic acids is 1. The minimum absolute atomic E-state index is 0.185. The Morgan fingerprint density at radius 2 is 2.31 bits per heavy atom. The van der Waals surface area contributed by atoms with E-state index in [4.69, 9.17) is 10.00 Å². The Morgan fingerprint density at radius 1 is 1.62 bits per heavy atom. The summed E-state index contributed by atoms with van der Waals surface area (Å²) in [6, 6.07) is 4.84. The van der Waals surface area contributed by atoms with Gasteiger partial charge in [-0.05, 0) is 0 Å². The van der Waals surface area contributed by atoms with Crippen molar-refractivity contribution in [3.63, 3.8) is 0 Å². The van der Waals surface area contributed by atoms with Crippen LogP contribution >= 0.6 is 0 Å². The van der Waals surface area contributed by atoms with Crippen LogP contribution in [0.4, 0.5) is 0 Å². The monoisotopic (exact) mass is 176 g/mol. The van der Waals surface area contributed by atoms with Crippen molar-refractivity contribution in [1.29, 1.82) is 5.26 Å². The zero-order valence-corrected chi connectivity index (χ0v) is 7.37. The van der Waals surface area contributed by atoms with Gasteiger partial charge in [-0.25, -0.2) is 4.98 Å². The van der Waals surface area contributed by atoms with Crippen molar-refractivity contribution in [2.24, 2.45) is 0 Å². The molecule has 0 saturated heterocycles. The lowest BCUT2D eigenvalue weighted by molar-refractivity contribution is 0.101. The molecule has 0 aliphatic rings. The van der Waals surface area contributed by atoms with Crippen LogP contribution in [0.15, 0.2) is 12.1 Å². The van der Waals surface area contributed by atoms with Crippen molar-refractivity contribution in [1.82, 2.24) is 4.98 Å². The molecule has 1 aromatic rings. The van der Waals surface area contributed by atoms with Gasteiger partial charge < -0.3 is 4.74 Å². The standard InChI is InChI=1S/C9H8N2O2/c1-6(12)9-4-8(13-2)3-7(5-10)11-9/h3-4H,1-2H3. The molecule has 66 valence electrons. The summed E-state index contributed by atoms with van der Waals surface area (Å²) in [6.45, 7) is 1.39. The predicted molar refractivity (Wildman–Crippen MR) is 45.5 cm³/mol. The van der Waals surface area contributed by atoms with E-state index in [-0.39, 0.29) is 17.2 Å². The van der Waals surface area contributed by atoms with E-state index in [9.17, 15) is 4.79 Å². The second-order valence-electron chi connectivity index (χ2n) is 2.45. The minimum atomic E-state index is -0.185. The summed E-state index contributed by atoms with van der Waals surface area (Å²) in [5.41, 5.74) is 0.431. The molecule has 0 saturated carbocycles. The summed E-state index contributed by atoms with van der Waals surface area (Å²) in [7, 11) is 1.47. The number of Topliss-reactive ketones (excluding diaryl/α,β-unsaturated/α-hetero) is 1. The van der Waals surface area contributed by atoms with E-state index in [0.29, 0.717) is 5.75 Å². The van der Waals surface area contributed by atoms with Gasteiger partial charge in [0.25, 0.3) is 0 Å². The number of hydrogen-bond acceptors (Lipinski definition) is 4. The maximum Gasteiger partial charge on any atom is 0.178 e. The van der Waals surface area contributed by atoms with Gasteiger partial charge in [0, 0.05) is 19.1 Å². The molecule has 0 fully saturated rings. The third-order valence-electron chi connectivity index (χ3n) is 1.51. The fourth-order valence-corrected chi connectivity index (χ4v) is 0.861. The number of aromatic nitrogens is 1. The molecular weight excluding hydrogens is 168 g/mol.